The molecule has 1 aromatic rings. The lowest BCUT2D eigenvalue weighted by atomic mass is 10.1. The second-order valence-electron chi connectivity index (χ2n) is 6.63. The molecular weight excluding hydrogens is 469 g/mol. The van der Waals surface area contributed by atoms with Crippen LogP contribution < -0.4 is 10.2 Å². The second kappa shape index (κ2) is 9.02. The van der Waals surface area contributed by atoms with Crippen LogP contribution in [0.5, 0.6) is 0 Å². The maximum Gasteiger partial charge on any atom is 0.409 e. The molecule has 2 aliphatic heterocycles. The molecule has 2 fully saturated rings. The molecule has 0 aliphatic carbocycles. The predicted molar refractivity (Wildman–Crippen MR) is 107 cm³/mol. The molecule has 1 amide bonds. The minimum Gasteiger partial charge on any atom is -0.465 e. The van der Waals surface area contributed by atoms with E-state index in [0.29, 0.717) is 3.57 Å². The Balaban J connectivity index is 1.67. The Morgan fingerprint density at radius 1 is 1.33 bits per heavy atom. The van der Waals surface area contributed by atoms with E-state index >= 15 is 0 Å². The number of hydrogen-bond donors (Lipinski definition) is 2. The maximum atomic E-state index is 11.2. The van der Waals surface area contributed by atoms with Crippen molar-refractivity contribution >= 4 is 45.7 Å². The number of nitro benzene ring substituents is 1. The molecule has 0 spiro atoms. The van der Waals surface area contributed by atoms with Crippen LogP contribution >= 0.6 is 22.6 Å². The van der Waals surface area contributed by atoms with E-state index in [4.69, 9.17) is 14.6 Å². The normalized spacial score (nSPS) is 21.1. The van der Waals surface area contributed by atoms with Gasteiger partial charge in [0.2, 0.25) is 0 Å². The number of ether oxygens (including phenoxy) is 2. The number of piperidine rings is 1. The summed E-state index contributed by atoms with van der Waals surface area (Å²) < 4.78 is 12.4. The molecule has 0 radical (unpaired) electrons. The number of nitrogens with one attached hydrogen (secondary N) is 1. The first-order chi connectivity index (χ1) is 12.9. The Hall–Kier alpha value is -1.66. The lowest BCUT2D eigenvalue weighted by Crippen LogP contribution is -2.39. The van der Waals surface area contributed by atoms with Crippen LogP contribution in [0, 0.1) is 13.7 Å². The molecule has 1 unspecified atom stereocenters. The number of nitrogens with zero attached hydrogens (tertiary/aromatic N) is 2. The Morgan fingerprint density at radius 2 is 2.07 bits per heavy atom. The van der Waals surface area contributed by atoms with Gasteiger partial charge in [-0.2, -0.15) is 0 Å². The highest BCUT2D eigenvalue weighted by Gasteiger charge is 2.27. The van der Waals surface area contributed by atoms with E-state index in [1.165, 1.54) is 6.07 Å². The molecule has 0 bridgehead atoms. The van der Waals surface area contributed by atoms with Gasteiger partial charge in [0.05, 0.1) is 16.7 Å². The summed E-state index contributed by atoms with van der Waals surface area (Å²) in [7, 11) is 0. The number of anilines is 2. The molecular formula is C17H22IN3O6. The molecule has 9 nitrogen and oxygen atoms in total. The van der Waals surface area contributed by atoms with E-state index < -0.39 is 11.0 Å². The van der Waals surface area contributed by atoms with Crippen molar-refractivity contribution in [1.29, 1.82) is 0 Å². The van der Waals surface area contributed by atoms with E-state index in [1.54, 1.807) is 6.07 Å². The quantitative estimate of drug-likeness (QED) is 0.366. The number of halogens is 1. The van der Waals surface area contributed by atoms with E-state index in [2.05, 4.69) is 10.2 Å². The topological polar surface area (TPSA) is 114 Å². The number of rotatable bonds is 5. The summed E-state index contributed by atoms with van der Waals surface area (Å²) >= 11 is 2.05. The lowest BCUT2D eigenvalue weighted by molar-refractivity contribution is -0.384. The highest BCUT2D eigenvalue weighted by Crippen LogP contribution is 2.36. The van der Waals surface area contributed by atoms with Crippen molar-refractivity contribution in [2.24, 2.45) is 0 Å². The minimum atomic E-state index is -1.33. The smallest absolute Gasteiger partial charge is 0.409 e. The van der Waals surface area contributed by atoms with Crippen LogP contribution in [0.4, 0.5) is 21.9 Å². The fraction of sp³-hybridized carbons (Fsp3) is 0.588. The molecule has 0 aromatic heterocycles. The molecule has 1 atom stereocenters. The zero-order chi connectivity index (χ0) is 19.4. The van der Waals surface area contributed by atoms with Gasteiger partial charge in [-0.25, -0.2) is 4.79 Å². The third-order valence-electron chi connectivity index (χ3n) is 4.77. The summed E-state index contributed by atoms with van der Waals surface area (Å²) in [5.74, 6) is 0. The third-order valence-corrected chi connectivity index (χ3v) is 5.63. The molecule has 27 heavy (non-hydrogen) atoms. The molecule has 2 N–H and O–H groups in total. The van der Waals surface area contributed by atoms with Crippen molar-refractivity contribution in [2.75, 3.05) is 29.9 Å². The minimum absolute atomic E-state index is 0.0168. The van der Waals surface area contributed by atoms with Crippen molar-refractivity contribution in [3.63, 3.8) is 0 Å². The van der Waals surface area contributed by atoms with Crippen molar-refractivity contribution in [1.82, 2.24) is 0 Å². The van der Waals surface area contributed by atoms with E-state index in [9.17, 15) is 14.9 Å². The first-order valence-electron chi connectivity index (χ1n) is 8.94. The van der Waals surface area contributed by atoms with Gasteiger partial charge in [0.1, 0.15) is 5.69 Å². The van der Waals surface area contributed by atoms with Crippen molar-refractivity contribution < 1.29 is 24.3 Å². The Bertz CT molecular complexity index is 702. The van der Waals surface area contributed by atoms with Crippen molar-refractivity contribution in [2.45, 2.75) is 44.5 Å². The number of carboxylic acid groups (broad SMARTS) is 1. The van der Waals surface area contributed by atoms with Gasteiger partial charge in [0.15, 0.2) is 6.29 Å². The van der Waals surface area contributed by atoms with E-state index in [1.807, 2.05) is 22.6 Å². The van der Waals surface area contributed by atoms with Gasteiger partial charge in [-0.1, -0.05) is 0 Å². The van der Waals surface area contributed by atoms with Crippen LogP contribution in [0.15, 0.2) is 12.1 Å². The summed E-state index contributed by atoms with van der Waals surface area (Å²) in [4.78, 5) is 23.7. The van der Waals surface area contributed by atoms with Crippen LogP contribution in [-0.4, -0.2) is 48.2 Å². The fourth-order valence-corrected chi connectivity index (χ4v) is 4.22. The van der Waals surface area contributed by atoms with Crippen LogP contribution in [-0.2, 0) is 9.47 Å². The fourth-order valence-electron chi connectivity index (χ4n) is 3.43. The molecule has 2 aliphatic rings. The molecule has 0 saturated carbocycles. The number of hydrogen-bond acceptors (Lipinski definition) is 6. The van der Waals surface area contributed by atoms with Gasteiger partial charge >= 0.3 is 6.09 Å². The lowest BCUT2D eigenvalue weighted by Gasteiger charge is -2.36. The molecule has 2 heterocycles. The zero-order valence-corrected chi connectivity index (χ0v) is 16.9. The van der Waals surface area contributed by atoms with Crippen LogP contribution in [0.1, 0.15) is 32.1 Å². The Kier molecular flexibility index (Phi) is 6.71. The third kappa shape index (κ3) is 5.20. The molecule has 1 aromatic carbocycles. The van der Waals surface area contributed by atoms with Gasteiger partial charge in [-0.15, -0.1) is 0 Å². The average molecular weight is 491 g/mol. The Morgan fingerprint density at radius 3 is 2.67 bits per heavy atom. The van der Waals surface area contributed by atoms with Gasteiger partial charge in [-0.05, 0) is 60.8 Å². The van der Waals surface area contributed by atoms with Crippen LogP contribution in [0.2, 0.25) is 0 Å². The zero-order valence-electron chi connectivity index (χ0n) is 14.7. The first-order valence-corrected chi connectivity index (χ1v) is 10.0. The molecule has 2 saturated heterocycles. The Labute approximate surface area is 170 Å². The largest absolute Gasteiger partial charge is 0.465 e. The van der Waals surface area contributed by atoms with Gasteiger partial charge in [0, 0.05) is 29.3 Å². The number of amides is 1. The highest BCUT2D eigenvalue weighted by molar-refractivity contribution is 14.1. The predicted octanol–water partition coefficient (Wildman–Crippen LogP) is 3.80. The molecule has 3 rings (SSSR count). The monoisotopic (exact) mass is 491 g/mol. The van der Waals surface area contributed by atoms with Gasteiger partial charge in [-0.3, -0.25) is 15.4 Å². The number of nitro groups is 1. The first kappa shape index (κ1) is 20.1. The standard InChI is InChI=1S/C17H22IN3O6/c18-12-9-15(21(24)25)13(19-17(22)23)10-14(12)20-6-4-11(5-7-20)27-16-3-1-2-8-26-16/h9-11,16,19H,1-8H2,(H,22,23). The van der Waals surface area contributed by atoms with Gasteiger partial charge in [0.25, 0.3) is 5.69 Å². The number of benzene rings is 1. The van der Waals surface area contributed by atoms with Crippen molar-refractivity contribution in [3.8, 4) is 0 Å². The van der Waals surface area contributed by atoms with Crippen LogP contribution in [0.3, 0.4) is 0 Å². The van der Waals surface area contributed by atoms with Crippen molar-refractivity contribution in [3.05, 3.63) is 25.8 Å². The van der Waals surface area contributed by atoms with Crippen LogP contribution in [0.25, 0.3) is 0 Å². The second-order valence-corrected chi connectivity index (χ2v) is 7.79. The van der Waals surface area contributed by atoms with Gasteiger partial charge < -0.3 is 19.5 Å². The summed E-state index contributed by atoms with van der Waals surface area (Å²) in [5.41, 5.74) is 0.521. The summed E-state index contributed by atoms with van der Waals surface area (Å²) in [6.07, 6.45) is 3.50. The highest BCUT2D eigenvalue weighted by atomic mass is 127. The molecule has 148 valence electrons. The average Bonchev–Trinajstić information content (AvgIpc) is 2.64. The maximum absolute atomic E-state index is 11.2. The van der Waals surface area contributed by atoms with E-state index in [-0.39, 0.29) is 23.8 Å². The summed E-state index contributed by atoms with van der Waals surface area (Å²) in [6, 6.07) is 2.94. The SMILES string of the molecule is O=C(O)Nc1cc(N2CCC(OC3CCCCO3)CC2)c(I)cc1[N+](=O)[O-]. The summed E-state index contributed by atoms with van der Waals surface area (Å²) in [6.45, 7) is 2.22. The number of carbonyl (C=O) groups is 1. The van der Waals surface area contributed by atoms with E-state index in [0.717, 1.165) is 57.5 Å². The summed E-state index contributed by atoms with van der Waals surface area (Å²) in [5, 5.41) is 22.3. The molecule has 10 heteroatoms.